The Morgan fingerprint density at radius 2 is 1.91 bits per heavy atom. The number of hydrogen-bond donors (Lipinski definition) is 3. The molecule has 44 heavy (non-hydrogen) atoms. The fourth-order valence-electron chi connectivity index (χ4n) is 5.05. The Labute approximate surface area is 250 Å². The van der Waals surface area contributed by atoms with Crippen molar-refractivity contribution in [1.82, 2.24) is 20.1 Å². The van der Waals surface area contributed by atoms with E-state index in [-0.39, 0.29) is 56.7 Å². The molecule has 6 rings (SSSR count). The van der Waals surface area contributed by atoms with E-state index in [9.17, 15) is 36.6 Å². The molecule has 0 unspecified atom stereocenters. The maximum atomic E-state index is 14.8. The summed E-state index contributed by atoms with van der Waals surface area (Å²) in [6.07, 6.45) is -2.14. The number of halogens is 6. The molecule has 9 nitrogen and oxygen atoms in total. The lowest BCUT2D eigenvalue weighted by Gasteiger charge is -2.31. The first-order chi connectivity index (χ1) is 20.6. The van der Waals surface area contributed by atoms with Crippen molar-refractivity contribution >= 4 is 34.3 Å². The quantitative estimate of drug-likeness (QED) is 0.253. The molecule has 2 aliphatic rings. The Morgan fingerprint density at radius 1 is 1.18 bits per heavy atom. The van der Waals surface area contributed by atoms with Gasteiger partial charge in [-0.05, 0) is 56.2 Å². The molecule has 1 aliphatic heterocycles. The number of hydrogen-bond acceptors (Lipinski definition) is 6. The van der Waals surface area contributed by atoms with Crippen LogP contribution < -0.4 is 15.8 Å². The van der Waals surface area contributed by atoms with Gasteiger partial charge in [0, 0.05) is 28.3 Å². The summed E-state index contributed by atoms with van der Waals surface area (Å²) in [6, 6.07) is 6.32. The molecule has 1 aliphatic carbocycles. The minimum atomic E-state index is -5.43. The minimum absolute atomic E-state index is 0.00994. The first-order valence-corrected chi connectivity index (χ1v) is 13.7. The molecule has 4 N–H and O–H groups in total. The van der Waals surface area contributed by atoms with Crippen LogP contribution in [0.4, 0.5) is 22.0 Å². The predicted molar refractivity (Wildman–Crippen MR) is 147 cm³/mol. The zero-order chi connectivity index (χ0) is 31.8. The van der Waals surface area contributed by atoms with Gasteiger partial charge in [0.25, 0.3) is 5.91 Å². The van der Waals surface area contributed by atoms with Crippen LogP contribution in [-0.4, -0.2) is 51.0 Å². The SMILES string of the molecule is C[C@]1(C(N)=O)COc2c1cc([C@@](O)(CNC(=O)c1cc(F)c3nn(C4CC4)cc3c1)C(F)(F)F)nc2-c1ccc(F)c(Cl)c1. The van der Waals surface area contributed by atoms with Gasteiger partial charge in [-0.1, -0.05) is 11.6 Å². The van der Waals surface area contributed by atoms with Gasteiger partial charge < -0.3 is 20.9 Å². The highest BCUT2D eigenvalue weighted by Gasteiger charge is 2.57. The molecular formula is C29H23ClF5N5O4. The molecule has 1 saturated carbocycles. The van der Waals surface area contributed by atoms with E-state index in [4.69, 9.17) is 22.1 Å². The predicted octanol–water partition coefficient (Wildman–Crippen LogP) is 4.68. The van der Waals surface area contributed by atoms with Gasteiger partial charge in [0.15, 0.2) is 5.82 Å². The Morgan fingerprint density at radius 3 is 2.55 bits per heavy atom. The molecular weight excluding hydrogens is 613 g/mol. The van der Waals surface area contributed by atoms with Gasteiger partial charge in [-0.2, -0.15) is 18.3 Å². The number of pyridine rings is 1. The fraction of sp³-hybridized carbons (Fsp3) is 0.310. The summed E-state index contributed by atoms with van der Waals surface area (Å²) in [4.78, 5) is 29.4. The van der Waals surface area contributed by atoms with E-state index in [1.807, 2.05) is 5.32 Å². The van der Waals surface area contributed by atoms with Crippen LogP contribution in [0.1, 0.15) is 47.4 Å². The van der Waals surface area contributed by atoms with Gasteiger partial charge in [-0.25, -0.2) is 13.8 Å². The van der Waals surface area contributed by atoms with Crippen molar-refractivity contribution in [3.8, 4) is 17.0 Å². The zero-order valence-corrected chi connectivity index (χ0v) is 23.6. The molecule has 0 bridgehead atoms. The number of nitrogens with one attached hydrogen (secondary N) is 1. The molecule has 1 fully saturated rings. The molecule has 15 heteroatoms. The van der Waals surface area contributed by atoms with Crippen molar-refractivity contribution in [3.05, 3.63) is 76.1 Å². The molecule has 2 atom stereocenters. The normalized spacial score (nSPS) is 19.4. The van der Waals surface area contributed by atoms with E-state index in [2.05, 4.69) is 10.1 Å². The number of aliphatic hydroxyl groups is 1. The number of nitrogens with two attached hydrogens (primary N) is 1. The van der Waals surface area contributed by atoms with Gasteiger partial charge in [0.2, 0.25) is 11.5 Å². The van der Waals surface area contributed by atoms with Crippen molar-refractivity contribution in [3.63, 3.8) is 0 Å². The topological polar surface area (TPSA) is 132 Å². The smallest absolute Gasteiger partial charge is 0.424 e. The van der Waals surface area contributed by atoms with Gasteiger partial charge in [0.05, 0.1) is 23.3 Å². The highest BCUT2D eigenvalue weighted by Crippen LogP contribution is 2.48. The maximum Gasteiger partial charge on any atom is 0.424 e. The van der Waals surface area contributed by atoms with Crippen molar-refractivity contribution in [1.29, 1.82) is 0 Å². The lowest BCUT2D eigenvalue weighted by Crippen LogP contribution is -2.51. The molecule has 4 aromatic rings. The van der Waals surface area contributed by atoms with Crippen LogP contribution in [0.2, 0.25) is 5.02 Å². The van der Waals surface area contributed by atoms with Crippen molar-refractivity contribution in [2.45, 2.75) is 43.0 Å². The van der Waals surface area contributed by atoms with Gasteiger partial charge >= 0.3 is 6.18 Å². The minimum Gasteiger partial charge on any atom is -0.489 e. The van der Waals surface area contributed by atoms with Crippen LogP contribution >= 0.6 is 11.6 Å². The first kappa shape index (κ1) is 29.8. The van der Waals surface area contributed by atoms with E-state index in [0.717, 1.165) is 37.1 Å². The highest BCUT2D eigenvalue weighted by molar-refractivity contribution is 6.31. The van der Waals surface area contributed by atoms with Crippen LogP contribution in [-0.2, 0) is 15.8 Å². The maximum absolute atomic E-state index is 14.8. The third kappa shape index (κ3) is 4.81. The van der Waals surface area contributed by atoms with E-state index >= 15 is 0 Å². The van der Waals surface area contributed by atoms with Crippen molar-refractivity contribution in [2.24, 2.45) is 5.73 Å². The molecule has 2 aromatic heterocycles. The number of ether oxygens (including phenoxy) is 1. The third-order valence-corrected chi connectivity index (χ3v) is 8.26. The molecule has 2 amide bonds. The lowest BCUT2D eigenvalue weighted by atomic mass is 9.81. The van der Waals surface area contributed by atoms with E-state index in [1.165, 1.54) is 19.1 Å². The molecule has 0 saturated heterocycles. The number of amides is 2. The molecule has 3 heterocycles. The Kier molecular flexibility index (Phi) is 6.85. The number of benzene rings is 2. The highest BCUT2D eigenvalue weighted by atomic mass is 35.5. The summed E-state index contributed by atoms with van der Waals surface area (Å²) >= 11 is 5.91. The van der Waals surface area contributed by atoms with Gasteiger partial charge in [0.1, 0.15) is 34.8 Å². The van der Waals surface area contributed by atoms with Gasteiger partial charge in [-0.3, -0.25) is 14.3 Å². The molecule has 2 aromatic carbocycles. The second kappa shape index (κ2) is 10.1. The van der Waals surface area contributed by atoms with Crippen molar-refractivity contribution in [2.75, 3.05) is 13.2 Å². The van der Waals surface area contributed by atoms with Crippen LogP contribution in [0.15, 0.2) is 42.6 Å². The number of alkyl halides is 3. The number of nitrogens with zero attached hydrogens (tertiary/aromatic N) is 3. The van der Waals surface area contributed by atoms with E-state index in [0.29, 0.717) is 0 Å². The standard InChI is InChI=1S/C29H23ClF5N5O4/c1-27(26(36)42)12-44-24-17(27)9-21(38-23(24)13-2-5-19(31)18(30)7-13)28(43,29(33,34)35)11-37-25(41)14-6-15-10-40(16-3-4-16)39-22(15)20(32)8-14/h2,5-10,16,43H,3-4,11-12H2,1H3,(H2,36,42)(H,37,41)/t27-,28-/m0/s1. The monoisotopic (exact) mass is 635 g/mol. The summed E-state index contributed by atoms with van der Waals surface area (Å²) in [6.45, 7) is -0.450. The average Bonchev–Trinajstić information content (AvgIpc) is 3.63. The number of primary amides is 1. The summed E-state index contributed by atoms with van der Waals surface area (Å²) in [7, 11) is 0. The van der Waals surface area contributed by atoms with Crippen LogP contribution in [0.25, 0.3) is 22.2 Å². The number of carbonyl (C=O) groups excluding carboxylic acids is 2. The lowest BCUT2D eigenvalue weighted by molar-refractivity contribution is -0.265. The van der Waals surface area contributed by atoms with Crippen LogP contribution in [0.3, 0.4) is 0 Å². The fourth-order valence-corrected chi connectivity index (χ4v) is 5.23. The Hall–Kier alpha value is -4.30. The molecule has 230 valence electrons. The first-order valence-electron chi connectivity index (χ1n) is 13.3. The number of fused-ring (bicyclic) bond motifs is 2. The van der Waals surface area contributed by atoms with Crippen LogP contribution in [0.5, 0.6) is 5.75 Å². The third-order valence-electron chi connectivity index (χ3n) is 7.97. The van der Waals surface area contributed by atoms with Gasteiger partial charge in [-0.15, -0.1) is 0 Å². The van der Waals surface area contributed by atoms with Crippen molar-refractivity contribution < 1.29 is 41.4 Å². The summed E-state index contributed by atoms with van der Waals surface area (Å²) in [5, 5.41) is 17.3. The summed E-state index contributed by atoms with van der Waals surface area (Å²) in [5.74, 6) is -3.80. The molecule has 0 spiro atoms. The second-order valence-corrected chi connectivity index (χ2v) is 11.5. The molecule has 0 radical (unpaired) electrons. The second-order valence-electron chi connectivity index (χ2n) is 11.1. The largest absolute Gasteiger partial charge is 0.489 e. The Bertz CT molecular complexity index is 1860. The average molecular weight is 636 g/mol. The number of aromatic nitrogens is 3. The number of rotatable bonds is 7. The zero-order valence-electron chi connectivity index (χ0n) is 22.8. The summed E-state index contributed by atoms with van der Waals surface area (Å²) < 4.78 is 79.8. The number of carbonyl (C=O) groups is 2. The Balaban J connectivity index is 1.40. The van der Waals surface area contributed by atoms with E-state index in [1.54, 1.807) is 10.9 Å². The van der Waals surface area contributed by atoms with E-state index < -0.39 is 52.9 Å². The van der Waals surface area contributed by atoms with Crippen LogP contribution in [0, 0.1) is 11.6 Å². The summed E-state index contributed by atoms with van der Waals surface area (Å²) in [5.41, 5.74) is -1.54.